The lowest BCUT2D eigenvalue weighted by atomic mass is 9.74. The third kappa shape index (κ3) is 5.99. The van der Waals surface area contributed by atoms with E-state index in [1.54, 1.807) is 12.1 Å². The third-order valence-electron chi connectivity index (χ3n) is 7.20. The first-order chi connectivity index (χ1) is 13.0. The van der Waals surface area contributed by atoms with Crippen molar-refractivity contribution in [3.63, 3.8) is 0 Å². The molecule has 0 spiro atoms. The summed E-state index contributed by atoms with van der Waals surface area (Å²) in [4.78, 5) is 0. The molecule has 0 saturated heterocycles. The Bertz CT molecular complexity index is 544. The van der Waals surface area contributed by atoms with Gasteiger partial charge in [-0.05, 0) is 67.1 Å². The number of halogens is 3. The summed E-state index contributed by atoms with van der Waals surface area (Å²) < 4.78 is 38.1. The number of hydrogen-bond donors (Lipinski definition) is 0. The van der Waals surface area contributed by atoms with Gasteiger partial charge >= 0.3 is 6.18 Å². The number of alkyl halides is 3. The Morgan fingerprint density at radius 1 is 0.704 bits per heavy atom. The maximum atomic E-state index is 12.7. The van der Waals surface area contributed by atoms with E-state index in [4.69, 9.17) is 0 Å². The van der Waals surface area contributed by atoms with Crippen LogP contribution in [0, 0.1) is 17.8 Å². The van der Waals surface area contributed by atoms with Crippen molar-refractivity contribution in [3.8, 4) is 0 Å². The minimum Gasteiger partial charge on any atom is -0.166 e. The van der Waals surface area contributed by atoms with Crippen LogP contribution in [0.4, 0.5) is 13.2 Å². The second-order valence-corrected chi connectivity index (χ2v) is 9.09. The molecule has 0 N–H and O–H groups in total. The average molecular weight is 381 g/mol. The van der Waals surface area contributed by atoms with E-state index < -0.39 is 11.7 Å². The SMILES string of the molecule is CCCC1CCC(CCC2CCC(c3ccc(C(F)(F)F)cc3)CC2)CC1. The van der Waals surface area contributed by atoms with E-state index in [9.17, 15) is 13.2 Å². The van der Waals surface area contributed by atoms with Gasteiger partial charge < -0.3 is 0 Å². The van der Waals surface area contributed by atoms with Gasteiger partial charge in [0.1, 0.15) is 0 Å². The molecule has 0 radical (unpaired) electrons. The summed E-state index contributed by atoms with van der Waals surface area (Å²) in [5.41, 5.74) is 0.560. The highest BCUT2D eigenvalue weighted by Gasteiger charge is 2.31. The summed E-state index contributed by atoms with van der Waals surface area (Å²) in [5, 5.41) is 0. The van der Waals surface area contributed by atoms with Gasteiger partial charge in [0, 0.05) is 0 Å². The van der Waals surface area contributed by atoms with Crippen LogP contribution in [0.25, 0.3) is 0 Å². The van der Waals surface area contributed by atoms with Crippen molar-refractivity contribution in [2.45, 2.75) is 96.1 Å². The van der Waals surface area contributed by atoms with Crippen molar-refractivity contribution >= 4 is 0 Å². The molecule has 0 amide bonds. The normalized spacial score (nSPS) is 29.6. The number of hydrogen-bond acceptors (Lipinski definition) is 0. The molecule has 0 atom stereocenters. The fourth-order valence-corrected chi connectivity index (χ4v) is 5.42. The Balaban J connectivity index is 1.38. The molecule has 27 heavy (non-hydrogen) atoms. The van der Waals surface area contributed by atoms with Gasteiger partial charge in [-0.2, -0.15) is 13.2 Å². The summed E-state index contributed by atoms with van der Waals surface area (Å²) in [5.74, 6) is 3.23. The van der Waals surface area contributed by atoms with Gasteiger partial charge in [-0.3, -0.25) is 0 Å². The molecule has 0 aromatic heterocycles. The molecular formula is C24H35F3. The highest BCUT2D eigenvalue weighted by atomic mass is 19.4. The summed E-state index contributed by atoms with van der Waals surface area (Å²) in [6.07, 6.45) is 11.8. The lowest BCUT2D eigenvalue weighted by Gasteiger charge is -2.32. The molecule has 0 unspecified atom stereocenters. The molecule has 0 heterocycles. The zero-order valence-electron chi connectivity index (χ0n) is 16.7. The highest BCUT2D eigenvalue weighted by Crippen LogP contribution is 2.40. The standard InChI is InChI=1S/C24H35F3/c1-2-3-18-4-6-19(7-5-18)8-9-20-10-12-21(13-11-20)22-14-16-23(17-15-22)24(25,26)27/h14-21H,2-13H2,1H3. The molecule has 1 aromatic rings. The first kappa shape index (κ1) is 20.7. The Labute approximate surface area is 162 Å². The molecule has 0 bridgehead atoms. The molecule has 0 aliphatic heterocycles. The van der Waals surface area contributed by atoms with Crippen molar-refractivity contribution < 1.29 is 13.2 Å². The number of benzene rings is 1. The van der Waals surface area contributed by atoms with Gasteiger partial charge in [0.25, 0.3) is 0 Å². The average Bonchev–Trinajstić information content (AvgIpc) is 2.68. The van der Waals surface area contributed by atoms with Gasteiger partial charge in [0.15, 0.2) is 0 Å². The van der Waals surface area contributed by atoms with Crippen molar-refractivity contribution in [2.75, 3.05) is 0 Å². The fourth-order valence-electron chi connectivity index (χ4n) is 5.42. The van der Waals surface area contributed by atoms with Crippen molar-refractivity contribution in [3.05, 3.63) is 35.4 Å². The van der Waals surface area contributed by atoms with E-state index in [0.29, 0.717) is 5.92 Å². The van der Waals surface area contributed by atoms with Crippen LogP contribution in [0.3, 0.4) is 0 Å². The Morgan fingerprint density at radius 2 is 1.15 bits per heavy atom. The predicted octanol–water partition coefficient (Wildman–Crippen LogP) is 8.37. The maximum Gasteiger partial charge on any atom is 0.416 e. The second kappa shape index (κ2) is 9.47. The largest absolute Gasteiger partial charge is 0.416 e. The second-order valence-electron chi connectivity index (χ2n) is 9.09. The van der Waals surface area contributed by atoms with Crippen LogP contribution in [-0.2, 0) is 6.18 Å². The van der Waals surface area contributed by atoms with Crippen LogP contribution in [0.2, 0.25) is 0 Å². The summed E-state index contributed by atoms with van der Waals surface area (Å²) in [6, 6.07) is 5.89. The highest BCUT2D eigenvalue weighted by molar-refractivity contribution is 5.27. The quantitative estimate of drug-likeness (QED) is 0.465. The Morgan fingerprint density at radius 3 is 1.59 bits per heavy atom. The predicted molar refractivity (Wildman–Crippen MR) is 106 cm³/mol. The van der Waals surface area contributed by atoms with E-state index in [1.165, 1.54) is 76.3 Å². The number of rotatable bonds is 6. The van der Waals surface area contributed by atoms with Crippen LogP contribution < -0.4 is 0 Å². The van der Waals surface area contributed by atoms with Gasteiger partial charge in [0.2, 0.25) is 0 Å². The first-order valence-corrected chi connectivity index (χ1v) is 11.1. The van der Waals surface area contributed by atoms with Crippen LogP contribution >= 0.6 is 0 Å². The molecule has 2 aliphatic rings. The zero-order valence-corrected chi connectivity index (χ0v) is 16.7. The van der Waals surface area contributed by atoms with Crippen LogP contribution in [0.15, 0.2) is 24.3 Å². The Hall–Kier alpha value is -0.990. The molecule has 2 saturated carbocycles. The summed E-state index contributed by atoms with van der Waals surface area (Å²) in [7, 11) is 0. The summed E-state index contributed by atoms with van der Waals surface area (Å²) in [6.45, 7) is 2.30. The summed E-state index contributed by atoms with van der Waals surface area (Å²) >= 11 is 0. The van der Waals surface area contributed by atoms with Crippen LogP contribution in [0.1, 0.15) is 101 Å². The molecule has 3 rings (SSSR count). The van der Waals surface area contributed by atoms with Crippen molar-refractivity contribution in [2.24, 2.45) is 17.8 Å². The van der Waals surface area contributed by atoms with Gasteiger partial charge in [-0.25, -0.2) is 0 Å². The van der Waals surface area contributed by atoms with Gasteiger partial charge in [-0.15, -0.1) is 0 Å². The third-order valence-corrected chi connectivity index (χ3v) is 7.20. The lowest BCUT2D eigenvalue weighted by Crippen LogP contribution is -2.17. The van der Waals surface area contributed by atoms with E-state index in [0.717, 1.165) is 36.2 Å². The minimum atomic E-state index is -4.23. The minimum absolute atomic E-state index is 0.452. The lowest BCUT2D eigenvalue weighted by molar-refractivity contribution is -0.137. The Kier molecular flexibility index (Phi) is 7.28. The topological polar surface area (TPSA) is 0 Å². The van der Waals surface area contributed by atoms with E-state index >= 15 is 0 Å². The van der Waals surface area contributed by atoms with Crippen LogP contribution in [-0.4, -0.2) is 0 Å². The molecule has 2 fully saturated rings. The van der Waals surface area contributed by atoms with Crippen molar-refractivity contribution in [1.82, 2.24) is 0 Å². The smallest absolute Gasteiger partial charge is 0.166 e. The monoisotopic (exact) mass is 380 g/mol. The molecule has 152 valence electrons. The first-order valence-electron chi connectivity index (χ1n) is 11.1. The van der Waals surface area contributed by atoms with Gasteiger partial charge in [0.05, 0.1) is 5.56 Å². The van der Waals surface area contributed by atoms with E-state index in [1.807, 2.05) is 0 Å². The maximum absolute atomic E-state index is 12.7. The molecular weight excluding hydrogens is 345 g/mol. The molecule has 1 aromatic carbocycles. The zero-order chi connectivity index (χ0) is 19.3. The fraction of sp³-hybridized carbons (Fsp3) is 0.750. The van der Waals surface area contributed by atoms with Crippen LogP contribution in [0.5, 0.6) is 0 Å². The van der Waals surface area contributed by atoms with Gasteiger partial charge in [-0.1, -0.05) is 70.4 Å². The van der Waals surface area contributed by atoms with Crippen molar-refractivity contribution in [1.29, 1.82) is 0 Å². The van der Waals surface area contributed by atoms with E-state index in [-0.39, 0.29) is 0 Å². The molecule has 0 nitrogen and oxygen atoms in total. The van der Waals surface area contributed by atoms with E-state index in [2.05, 4.69) is 6.92 Å². The molecule has 3 heteroatoms. The molecule has 2 aliphatic carbocycles.